The molecule has 0 aliphatic carbocycles. The molecule has 2 heterocycles. The number of nitrogens with one attached hydrogen (secondary N) is 1. The van der Waals surface area contributed by atoms with Crippen LogP contribution in [0.4, 0.5) is 28.7 Å². The van der Waals surface area contributed by atoms with Gasteiger partial charge in [0.2, 0.25) is 0 Å². The Morgan fingerprint density at radius 3 is 2.75 bits per heavy atom. The molecule has 1 aliphatic rings. The molecule has 0 amide bonds. The van der Waals surface area contributed by atoms with E-state index in [0.717, 1.165) is 24.3 Å². The van der Waals surface area contributed by atoms with Gasteiger partial charge in [-0.1, -0.05) is 18.2 Å². The first-order valence-corrected chi connectivity index (χ1v) is 9.17. The number of nitrogens with two attached hydrogens (primary N) is 1. The summed E-state index contributed by atoms with van der Waals surface area (Å²) in [6, 6.07) is 15.2. The van der Waals surface area contributed by atoms with Gasteiger partial charge >= 0.3 is 5.97 Å². The third-order valence-electron chi connectivity index (χ3n) is 4.66. The van der Waals surface area contributed by atoms with Crippen LogP contribution < -0.4 is 16.0 Å². The minimum absolute atomic E-state index is 0.342. The second-order valence-electron chi connectivity index (χ2n) is 6.41. The van der Waals surface area contributed by atoms with Gasteiger partial charge in [0.1, 0.15) is 12.0 Å². The van der Waals surface area contributed by atoms with Crippen molar-refractivity contribution in [1.82, 2.24) is 9.97 Å². The van der Waals surface area contributed by atoms with E-state index in [4.69, 9.17) is 10.5 Å². The Morgan fingerprint density at radius 2 is 1.96 bits per heavy atom. The summed E-state index contributed by atoms with van der Waals surface area (Å²) in [5.41, 5.74) is 10.5. The average Bonchev–Trinajstić information content (AvgIpc) is 3.14. The third kappa shape index (κ3) is 3.34. The van der Waals surface area contributed by atoms with Crippen LogP contribution >= 0.6 is 0 Å². The Hall–Kier alpha value is -3.61. The first-order valence-electron chi connectivity index (χ1n) is 9.17. The lowest BCUT2D eigenvalue weighted by Crippen LogP contribution is -2.17. The maximum absolute atomic E-state index is 11.8. The van der Waals surface area contributed by atoms with E-state index < -0.39 is 0 Å². The van der Waals surface area contributed by atoms with Crippen molar-refractivity contribution < 1.29 is 9.53 Å². The van der Waals surface area contributed by atoms with Crippen LogP contribution in [0.15, 0.2) is 54.9 Å². The van der Waals surface area contributed by atoms with Crippen LogP contribution in [0.5, 0.6) is 0 Å². The lowest BCUT2D eigenvalue weighted by molar-refractivity contribution is 0.0526. The molecule has 4 rings (SSSR count). The van der Waals surface area contributed by atoms with E-state index in [1.54, 1.807) is 31.2 Å². The van der Waals surface area contributed by atoms with Gasteiger partial charge in [-0.15, -0.1) is 0 Å². The Morgan fingerprint density at radius 1 is 1.18 bits per heavy atom. The van der Waals surface area contributed by atoms with Crippen molar-refractivity contribution in [3.63, 3.8) is 0 Å². The largest absolute Gasteiger partial charge is 0.462 e. The Kier molecular flexibility index (Phi) is 4.80. The van der Waals surface area contributed by atoms with Crippen molar-refractivity contribution in [1.29, 1.82) is 0 Å². The highest BCUT2D eigenvalue weighted by Crippen LogP contribution is 2.38. The van der Waals surface area contributed by atoms with Crippen LogP contribution in [0, 0.1) is 0 Å². The summed E-state index contributed by atoms with van der Waals surface area (Å²) in [6.45, 7) is 2.95. The number of fused-ring (bicyclic) bond motifs is 1. The van der Waals surface area contributed by atoms with Crippen molar-refractivity contribution in [3.05, 3.63) is 66.0 Å². The van der Waals surface area contributed by atoms with Gasteiger partial charge in [-0.25, -0.2) is 14.8 Å². The summed E-state index contributed by atoms with van der Waals surface area (Å²) in [7, 11) is 0. The van der Waals surface area contributed by atoms with Gasteiger partial charge in [-0.2, -0.15) is 0 Å². The molecule has 0 saturated heterocycles. The number of aromatic nitrogens is 2. The number of hydrogen-bond acceptors (Lipinski definition) is 7. The van der Waals surface area contributed by atoms with Gasteiger partial charge < -0.3 is 20.7 Å². The molecule has 0 fully saturated rings. The summed E-state index contributed by atoms with van der Waals surface area (Å²) in [5, 5.41) is 3.20. The zero-order valence-electron chi connectivity index (χ0n) is 15.6. The summed E-state index contributed by atoms with van der Waals surface area (Å²) >= 11 is 0. The number of carbonyl (C=O) groups is 1. The van der Waals surface area contributed by atoms with Crippen molar-refractivity contribution in [2.24, 2.45) is 0 Å². The quantitative estimate of drug-likeness (QED) is 0.657. The summed E-state index contributed by atoms with van der Waals surface area (Å²) in [4.78, 5) is 22.6. The number of benzene rings is 2. The first kappa shape index (κ1) is 17.8. The second kappa shape index (κ2) is 7.56. The van der Waals surface area contributed by atoms with Crippen LogP contribution in [-0.2, 0) is 11.2 Å². The van der Waals surface area contributed by atoms with E-state index in [-0.39, 0.29) is 5.97 Å². The Bertz CT molecular complexity index is 1000. The van der Waals surface area contributed by atoms with E-state index >= 15 is 0 Å². The molecule has 0 spiro atoms. The molecule has 142 valence electrons. The molecule has 7 heteroatoms. The molecule has 2 aromatic carbocycles. The van der Waals surface area contributed by atoms with Crippen LogP contribution in [0.25, 0.3) is 0 Å². The van der Waals surface area contributed by atoms with Gasteiger partial charge in [0.25, 0.3) is 0 Å². The van der Waals surface area contributed by atoms with Crippen molar-refractivity contribution in [2.45, 2.75) is 13.3 Å². The number of nitrogen functional groups attached to an aromatic ring is 1. The average molecular weight is 375 g/mol. The fourth-order valence-corrected chi connectivity index (χ4v) is 3.30. The minimum atomic E-state index is -0.342. The van der Waals surface area contributed by atoms with E-state index in [0.29, 0.717) is 29.5 Å². The van der Waals surface area contributed by atoms with Crippen molar-refractivity contribution in [2.75, 3.05) is 29.1 Å². The molecule has 1 aliphatic heterocycles. The Balaban J connectivity index is 1.57. The standard InChI is InChI=1S/C21H21N5O2/c1-2-28-21(27)15-7-9-16(10-8-15)25-19-18(22)20(24-13-23-19)26-12-11-14-5-3-4-6-17(14)26/h3-10,13H,2,11-12,22H2,1H3,(H,23,24,25). The minimum Gasteiger partial charge on any atom is -0.462 e. The number of anilines is 5. The van der Waals surface area contributed by atoms with Crippen molar-refractivity contribution >= 4 is 34.7 Å². The number of esters is 1. The van der Waals surface area contributed by atoms with Gasteiger partial charge in [-0.05, 0) is 49.2 Å². The van der Waals surface area contributed by atoms with E-state index in [2.05, 4.69) is 32.3 Å². The number of hydrogen-bond donors (Lipinski definition) is 2. The highest BCUT2D eigenvalue weighted by atomic mass is 16.5. The van der Waals surface area contributed by atoms with Gasteiger partial charge in [0.05, 0.1) is 12.2 Å². The topological polar surface area (TPSA) is 93.4 Å². The maximum atomic E-state index is 11.8. The van der Waals surface area contributed by atoms with E-state index in [1.165, 1.54) is 11.9 Å². The van der Waals surface area contributed by atoms with E-state index in [1.807, 2.05) is 12.1 Å². The fourth-order valence-electron chi connectivity index (χ4n) is 3.30. The lowest BCUT2D eigenvalue weighted by atomic mass is 10.2. The van der Waals surface area contributed by atoms with Crippen LogP contribution in [0.1, 0.15) is 22.8 Å². The molecule has 3 aromatic rings. The molecule has 0 unspecified atom stereocenters. The molecule has 0 saturated carbocycles. The fraction of sp³-hybridized carbons (Fsp3) is 0.190. The summed E-state index contributed by atoms with van der Waals surface area (Å²) < 4.78 is 5.00. The van der Waals surface area contributed by atoms with Crippen LogP contribution in [0.3, 0.4) is 0 Å². The number of nitrogens with zero attached hydrogens (tertiary/aromatic N) is 3. The zero-order chi connectivity index (χ0) is 19.5. The SMILES string of the molecule is CCOC(=O)c1ccc(Nc2ncnc(N3CCc4ccccc43)c2N)cc1. The zero-order valence-corrected chi connectivity index (χ0v) is 15.6. The molecule has 28 heavy (non-hydrogen) atoms. The lowest BCUT2D eigenvalue weighted by Gasteiger charge is -2.21. The van der Waals surface area contributed by atoms with E-state index in [9.17, 15) is 4.79 Å². The predicted molar refractivity (Wildman–Crippen MR) is 109 cm³/mol. The molecule has 3 N–H and O–H groups in total. The summed E-state index contributed by atoms with van der Waals surface area (Å²) in [5.74, 6) is 0.870. The molecule has 0 radical (unpaired) electrons. The van der Waals surface area contributed by atoms with Crippen molar-refractivity contribution in [3.8, 4) is 0 Å². The number of ether oxygens (including phenoxy) is 1. The number of rotatable bonds is 5. The molecular formula is C21H21N5O2. The Labute approximate surface area is 163 Å². The highest BCUT2D eigenvalue weighted by Gasteiger charge is 2.24. The van der Waals surface area contributed by atoms with Crippen LogP contribution in [0.2, 0.25) is 0 Å². The number of carbonyl (C=O) groups excluding carboxylic acids is 1. The van der Waals surface area contributed by atoms with Gasteiger partial charge in [-0.3, -0.25) is 0 Å². The monoisotopic (exact) mass is 375 g/mol. The highest BCUT2D eigenvalue weighted by molar-refractivity contribution is 5.90. The smallest absolute Gasteiger partial charge is 0.338 e. The molecule has 1 aromatic heterocycles. The normalized spacial score (nSPS) is 12.5. The molecule has 0 bridgehead atoms. The second-order valence-corrected chi connectivity index (χ2v) is 6.41. The predicted octanol–water partition coefficient (Wildman–Crippen LogP) is 3.67. The molecule has 0 atom stereocenters. The van der Waals surface area contributed by atoms with Crippen LogP contribution in [-0.4, -0.2) is 29.1 Å². The summed E-state index contributed by atoms with van der Waals surface area (Å²) in [6.07, 6.45) is 2.46. The van der Waals surface area contributed by atoms with Gasteiger partial charge in [0, 0.05) is 17.9 Å². The third-order valence-corrected chi connectivity index (χ3v) is 4.66. The molecule has 7 nitrogen and oxygen atoms in total. The van der Waals surface area contributed by atoms with Gasteiger partial charge in [0.15, 0.2) is 11.6 Å². The maximum Gasteiger partial charge on any atom is 0.338 e. The number of para-hydroxylation sites is 1. The first-order chi connectivity index (χ1) is 13.7. The molecular weight excluding hydrogens is 354 g/mol.